The Labute approximate surface area is 101 Å². The lowest BCUT2D eigenvalue weighted by Crippen LogP contribution is -2.35. The molecule has 0 aliphatic carbocycles. The van der Waals surface area contributed by atoms with E-state index >= 15 is 0 Å². The van der Waals surface area contributed by atoms with Gasteiger partial charge in [0, 0.05) is 18.5 Å². The van der Waals surface area contributed by atoms with Crippen LogP contribution in [0.5, 0.6) is 0 Å². The van der Waals surface area contributed by atoms with Crippen molar-refractivity contribution in [2.75, 3.05) is 13.6 Å². The summed E-state index contributed by atoms with van der Waals surface area (Å²) in [5.74, 6) is 0. The second kappa shape index (κ2) is 4.92. The monoisotopic (exact) mass is 288 g/mol. The molecule has 4 nitrogen and oxygen atoms in total. The Bertz CT molecular complexity index is 481. The average Bonchev–Trinajstić information content (AvgIpc) is 2.63. The minimum atomic E-state index is -4.56. The van der Waals surface area contributed by atoms with Gasteiger partial charge in [-0.2, -0.15) is 17.5 Å². The molecule has 0 aliphatic rings. The molecular formula is C8H11F3N2O2S2. The zero-order chi connectivity index (χ0) is 13.3. The lowest BCUT2D eigenvalue weighted by atomic mass is 10.5. The van der Waals surface area contributed by atoms with Crippen LogP contribution in [0.4, 0.5) is 13.2 Å². The van der Waals surface area contributed by atoms with Gasteiger partial charge in [0.2, 0.25) is 0 Å². The Morgan fingerprint density at radius 1 is 1.41 bits per heavy atom. The summed E-state index contributed by atoms with van der Waals surface area (Å²) in [6.45, 7) is -1.35. The van der Waals surface area contributed by atoms with Crippen LogP contribution in [0.2, 0.25) is 0 Å². The summed E-state index contributed by atoms with van der Waals surface area (Å²) in [6.07, 6.45) is -4.56. The molecule has 0 spiro atoms. The smallest absolute Gasteiger partial charge is 0.326 e. The van der Waals surface area contributed by atoms with Gasteiger partial charge in [-0.05, 0) is 12.1 Å². The molecule has 0 unspecified atom stereocenters. The summed E-state index contributed by atoms with van der Waals surface area (Å²) in [4.78, 5) is 0.601. The third kappa shape index (κ3) is 3.66. The van der Waals surface area contributed by atoms with Gasteiger partial charge in [-0.1, -0.05) is 0 Å². The summed E-state index contributed by atoms with van der Waals surface area (Å²) in [6, 6.07) is 2.74. The fourth-order valence-corrected chi connectivity index (χ4v) is 3.70. The highest BCUT2D eigenvalue weighted by Gasteiger charge is 2.35. The van der Waals surface area contributed by atoms with Crippen LogP contribution < -0.4 is 5.73 Å². The first-order valence-electron chi connectivity index (χ1n) is 4.48. The fourth-order valence-electron chi connectivity index (χ4n) is 1.10. The van der Waals surface area contributed by atoms with Crippen molar-refractivity contribution < 1.29 is 21.6 Å². The lowest BCUT2D eigenvalue weighted by molar-refractivity contribution is -0.134. The summed E-state index contributed by atoms with van der Waals surface area (Å²) >= 11 is 0.872. The summed E-state index contributed by atoms with van der Waals surface area (Å²) in [7, 11) is -3.19. The summed E-state index contributed by atoms with van der Waals surface area (Å²) < 4.78 is 59.9. The van der Waals surface area contributed by atoms with Gasteiger partial charge in [-0.3, -0.25) is 0 Å². The number of nitrogens with zero attached hydrogens (tertiary/aromatic N) is 1. The van der Waals surface area contributed by atoms with E-state index in [0.29, 0.717) is 4.88 Å². The first-order chi connectivity index (χ1) is 7.66. The van der Waals surface area contributed by atoms with Crippen molar-refractivity contribution in [2.24, 2.45) is 5.73 Å². The van der Waals surface area contributed by atoms with E-state index in [2.05, 4.69) is 0 Å². The molecule has 0 bridgehead atoms. The molecule has 1 aromatic heterocycles. The fraction of sp³-hybridized carbons (Fsp3) is 0.500. The lowest BCUT2D eigenvalue weighted by Gasteiger charge is -2.17. The molecule has 0 amide bonds. The van der Waals surface area contributed by atoms with E-state index < -0.39 is 22.7 Å². The quantitative estimate of drug-likeness (QED) is 0.910. The van der Waals surface area contributed by atoms with Crippen molar-refractivity contribution >= 4 is 21.4 Å². The Morgan fingerprint density at radius 3 is 2.41 bits per heavy atom. The third-order valence-corrected chi connectivity index (χ3v) is 5.28. The second-order valence-electron chi connectivity index (χ2n) is 3.30. The number of sulfonamides is 1. The van der Waals surface area contributed by atoms with Crippen LogP contribution in [0.15, 0.2) is 16.3 Å². The van der Waals surface area contributed by atoms with Gasteiger partial charge in [-0.15, -0.1) is 11.3 Å². The zero-order valence-corrected chi connectivity index (χ0v) is 10.5. The minimum Gasteiger partial charge on any atom is -0.326 e. The maximum absolute atomic E-state index is 12.1. The van der Waals surface area contributed by atoms with Gasteiger partial charge in [0.15, 0.2) is 0 Å². The molecule has 1 heterocycles. The third-order valence-electron chi connectivity index (χ3n) is 1.90. The molecule has 1 aromatic rings. The maximum atomic E-state index is 12.1. The van der Waals surface area contributed by atoms with E-state index in [1.165, 1.54) is 12.1 Å². The molecule has 0 aromatic carbocycles. The zero-order valence-electron chi connectivity index (χ0n) is 8.86. The Hall–Kier alpha value is -0.640. The van der Waals surface area contributed by atoms with Gasteiger partial charge in [-0.25, -0.2) is 8.42 Å². The molecule has 2 N–H and O–H groups in total. The molecule has 98 valence electrons. The Balaban J connectivity index is 2.95. The van der Waals surface area contributed by atoms with Crippen LogP contribution in [0.25, 0.3) is 0 Å². The van der Waals surface area contributed by atoms with Gasteiger partial charge >= 0.3 is 6.18 Å². The highest BCUT2D eigenvalue weighted by Crippen LogP contribution is 2.26. The Kier molecular flexibility index (Phi) is 4.18. The molecular weight excluding hydrogens is 277 g/mol. The van der Waals surface area contributed by atoms with Crippen molar-refractivity contribution in [3.8, 4) is 0 Å². The van der Waals surface area contributed by atoms with Gasteiger partial charge in [0.05, 0.1) is 0 Å². The van der Waals surface area contributed by atoms with Crippen LogP contribution in [0.1, 0.15) is 4.88 Å². The number of thiophene rings is 1. The van der Waals surface area contributed by atoms with E-state index in [1.54, 1.807) is 0 Å². The number of rotatable bonds is 4. The van der Waals surface area contributed by atoms with Crippen molar-refractivity contribution in [1.29, 1.82) is 0 Å². The van der Waals surface area contributed by atoms with E-state index in [1.807, 2.05) is 0 Å². The molecule has 0 aliphatic heterocycles. The SMILES string of the molecule is CN(CC(F)(F)F)S(=O)(=O)c1ccc(CN)s1. The first-order valence-corrected chi connectivity index (χ1v) is 6.74. The highest BCUT2D eigenvalue weighted by molar-refractivity contribution is 7.91. The van der Waals surface area contributed by atoms with E-state index in [4.69, 9.17) is 5.73 Å². The predicted molar refractivity (Wildman–Crippen MR) is 58.1 cm³/mol. The normalized spacial score (nSPS) is 13.3. The second-order valence-corrected chi connectivity index (χ2v) is 6.74. The van der Waals surface area contributed by atoms with Crippen LogP contribution >= 0.6 is 11.3 Å². The van der Waals surface area contributed by atoms with Crippen molar-refractivity contribution in [3.05, 3.63) is 17.0 Å². The van der Waals surface area contributed by atoms with E-state index in [9.17, 15) is 21.6 Å². The number of hydrogen-bond acceptors (Lipinski definition) is 4. The van der Waals surface area contributed by atoms with Crippen molar-refractivity contribution in [2.45, 2.75) is 16.9 Å². The van der Waals surface area contributed by atoms with Gasteiger partial charge < -0.3 is 5.73 Å². The molecule has 0 fully saturated rings. The standard InChI is InChI=1S/C8H11F3N2O2S2/c1-13(5-8(9,10)11)17(14,15)7-3-2-6(4-12)16-7/h2-3H,4-5,12H2,1H3. The first kappa shape index (κ1) is 14.4. The van der Waals surface area contributed by atoms with Crippen LogP contribution in [-0.4, -0.2) is 32.5 Å². The largest absolute Gasteiger partial charge is 0.402 e. The maximum Gasteiger partial charge on any atom is 0.402 e. The number of halogens is 3. The molecule has 17 heavy (non-hydrogen) atoms. The Morgan fingerprint density at radius 2 is 2.00 bits per heavy atom. The summed E-state index contributed by atoms with van der Waals surface area (Å²) in [5.41, 5.74) is 5.31. The number of hydrogen-bond donors (Lipinski definition) is 1. The number of nitrogens with two attached hydrogens (primary N) is 1. The minimum absolute atomic E-state index is 0.135. The topological polar surface area (TPSA) is 63.4 Å². The van der Waals surface area contributed by atoms with E-state index in [0.717, 1.165) is 18.4 Å². The molecule has 0 atom stereocenters. The highest BCUT2D eigenvalue weighted by atomic mass is 32.2. The molecule has 0 radical (unpaired) electrons. The van der Waals surface area contributed by atoms with Crippen LogP contribution in [0, 0.1) is 0 Å². The molecule has 1 rings (SSSR count). The predicted octanol–water partition coefficient (Wildman–Crippen LogP) is 1.39. The molecule has 0 saturated carbocycles. The average molecular weight is 288 g/mol. The number of alkyl halides is 3. The van der Waals surface area contributed by atoms with Crippen LogP contribution in [0.3, 0.4) is 0 Å². The summed E-state index contributed by atoms with van der Waals surface area (Å²) in [5, 5.41) is 0. The molecule has 9 heteroatoms. The van der Waals surface area contributed by atoms with E-state index in [-0.39, 0.29) is 15.1 Å². The van der Waals surface area contributed by atoms with Gasteiger partial charge in [0.25, 0.3) is 10.0 Å². The van der Waals surface area contributed by atoms with Crippen molar-refractivity contribution in [3.63, 3.8) is 0 Å². The van der Waals surface area contributed by atoms with Crippen LogP contribution in [-0.2, 0) is 16.6 Å². The molecule has 0 saturated heterocycles. The van der Waals surface area contributed by atoms with Crippen molar-refractivity contribution in [1.82, 2.24) is 4.31 Å². The van der Waals surface area contributed by atoms with Gasteiger partial charge in [0.1, 0.15) is 10.8 Å².